The van der Waals surface area contributed by atoms with Gasteiger partial charge in [-0.15, -0.1) is 0 Å². The molecular formula is C33H39F2NO3. The van der Waals surface area contributed by atoms with Crippen LogP contribution in [0, 0.1) is 0 Å². The number of fused-ring (bicyclic) bond motifs is 1. The van der Waals surface area contributed by atoms with Gasteiger partial charge in [-0.2, -0.15) is 0 Å². The first-order valence-electron chi connectivity index (χ1n) is 13.5. The molecule has 6 heteroatoms. The summed E-state index contributed by atoms with van der Waals surface area (Å²) in [5.41, 5.74) is 6.85. The van der Waals surface area contributed by atoms with Gasteiger partial charge in [0.2, 0.25) is 0 Å². The van der Waals surface area contributed by atoms with Crippen LogP contribution in [-0.2, 0) is 6.42 Å². The third kappa shape index (κ3) is 6.99. The van der Waals surface area contributed by atoms with E-state index in [0.29, 0.717) is 12.2 Å². The Bertz CT molecular complexity index is 1240. The molecular weight excluding hydrogens is 496 g/mol. The van der Waals surface area contributed by atoms with E-state index in [0.717, 1.165) is 78.9 Å². The Morgan fingerprint density at radius 2 is 1.62 bits per heavy atom. The van der Waals surface area contributed by atoms with Gasteiger partial charge in [0.25, 0.3) is 0 Å². The molecule has 1 N–H and O–H groups in total. The van der Waals surface area contributed by atoms with E-state index in [2.05, 4.69) is 17.0 Å². The van der Waals surface area contributed by atoms with Gasteiger partial charge in [0.05, 0.1) is 6.67 Å². The molecule has 4 nitrogen and oxygen atoms in total. The van der Waals surface area contributed by atoms with E-state index in [1.807, 2.05) is 48.5 Å². The van der Waals surface area contributed by atoms with Crippen molar-refractivity contribution in [3.05, 3.63) is 89.0 Å². The summed E-state index contributed by atoms with van der Waals surface area (Å²) < 4.78 is 36.8. The zero-order chi connectivity index (χ0) is 26.3. The fourth-order valence-corrected chi connectivity index (χ4v) is 5.57. The van der Waals surface area contributed by atoms with E-state index in [1.54, 1.807) is 6.07 Å². The largest absolute Gasteiger partial charge is 0.508 e. The first-order valence-corrected chi connectivity index (χ1v) is 13.5. The molecule has 1 heterocycles. The summed E-state index contributed by atoms with van der Waals surface area (Å²) in [6, 6.07) is 21.8. The van der Waals surface area contributed by atoms with Crippen molar-refractivity contribution in [2.24, 2.45) is 0 Å². The minimum Gasteiger partial charge on any atom is -0.508 e. The molecule has 0 spiro atoms. The molecule has 208 valence electrons. The molecule has 0 saturated carbocycles. The number of phenols is 1. The van der Waals surface area contributed by atoms with Crippen LogP contribution < -0.4 is 9.47 Å². The average molecular weight is 536 g/mol. The third-order valence-corrected chi connectivity index (χ3v) is 7.36. The van der Waals surface area contributed by atoms with Gasteiger partial charge in [0, 0.05) is 19.6 Å². The summed E-state index contributed by atoms with van der Waals surface area (Å²) >= 11 is 0. The number of rotatable bonds is 10. The molecule has 1 aliphatic carbocycles. The standard InChI is InChI=1S/C32H35F2NO3.CH4/c33-16-2-18-35-19-15-29(22-35)38-28-12-7-24(8-13-28)32-30(23-5-10-27(11-6-23)37-20-17-34)4-1-3-25-21-26(36)9-14-31(25)32;/h5-14,21,29,36H,1-4,15-20,22H2;1H4/t29-;/m0./s1. The Kier molecular flexibility index (Phi) is 9.99. The smallest absolute Gasteiger partial charge is 0.123 e. The number of phenolic OH excluding ortho intramolecular Hbond substituents is 1. The highest BCUT2D eigenvalue weighted by atomic mass is 19.1. The summed E-state index contributed by atoms with van der Waals surface area (Å²) in [4.78, 5) is 2.27. The maximum absolute atomic E-state index is 12.5. The summed E-state index contributed by atoms with van der Waals surface area (Å²) in [5.74, 6) is 1.77. The van der Waals surface area contributed by atoms with Gasteiger partial charge in [-0.05, 0) is 102 Å². The highest BCUT2D eigenvalue weighted by Crippen LogP contribution is 2.41. The Balaban J connectivity index is 0.00000353. The van der Waals surface area contributed by atoms with Crippen LogP contribution in [0.25, 0.3) is 11.1 Å². The van der Waals surface area contributed by atoms with E-state index < -0.39 is 6.67 Å². The van der Waals surface area contributed by atoms with Crippen LogP contribution in [0.3, 0.4) is 0 Å². The van der Waals surface area contributed by atoms with Crippen molar-refractivity contribution in [3.63, 3.8) is 0 Å². The lowest BCUT2D eigenvalue weighted by Gasteiger charge is -2.19. The highest BCUT2D eigenvalue weighted by molar-refractivity contribution is 6.00. The van der Waals surface area contributed by atoms with Crippen molar-refractivity contribution >= 4 is 11.1 Å². The van der Waals surface area contributed by atoms with Gasteiger partial charge in [0.15, 0.2) is 0 Å². The first kappa shape index (κ1) is 28.6. The number of nitrogens with zero attached hydrogens (tertiary/aromatic N) is 1. The number of allylic oxidation sites excluding steroid dienone is 1. The van der Waals surface area contributed by atoms with Crippen LogP contribution in [0.2, 0.25) is 0 Å². The van der Waals surface area contributed by atoms with E-state index in [1.165, 1.54) is 5.57 Å². The van der Waals surface area contributed by atoms with Crippen LogP contribution in [0.15, 0.2) is 66.7 Å². The molecule has 3 aromatic carbocycles. The number of aromatic hydroxyl groups is 1. The Hall–Kier alpha value is -3.38. The minimum absolute atomic E-state index is 0. The lowest BCUT2D eigenvalue weighted by atomic mass is 9.88. The summed E-state index contributed by atoms with van der Waals surface area (Å²) in [5, 5.41) is 10.2. The van der Waals surface area contributed by atoms with Gasteiger partial charge >= 0.3 is 0 Å². The highest BCUT2D eigenvalue weighted by Gasteiger charge is 2.24. The zero-order valence-electron chi connectivity index (χ0n) is 21.7. The number of ether oxygens (including phenoxy) is 2. The summed E-state index contributed by atoms with van der Waals surface area (Å²) in [6.07, 6.45) is 4.39. The van der Waals surface area contributed by atoms with Crippen LogP contribution >= 0.6 is 0 Å². The molecule has 3 aromatic rings. The Labute approximate surface area is 230 Å². The molecule has 0 bridgehead atoms. The number of likely N-dealkylation sites (tertiary alicyclic amines) is 1. The first-order chi connectivity index (χ1) is 18.6. The molecule has 0 aromatic heterocycles. The molecule has 1 atom stereocenters. The predicted octanol–water partition coefficient (Wildman–Crippen LogP) is 7.48. The van der Waals surface area contributed by atoms with Crippen molar-refractivity contribution in [2.45, 2.75) is 45.6 Å². The lowest BCUT2D eigenvalue weighted by Crippen LogP contribution is -2.26. The molecule has 1 aliphatic heterocycles. The number of benzene rings is 3. The van der Waals surface area contributed by atoms with Gasteiger partial charge in [0.1, 0.15) is 36.6 Å². The number of hydrogen-bond acceptors (Lipinski definition) is 4. The summed E-state index contributed by atoms with van der Waals surface area (Å²) in [6.45, 7) is 1.82. The predicted molar refractivity (Wildman–Crippen MR) is 154 cm³/mol. The number of aryl methyl sites for hydroxylation is 1. The molecule has 0 unspecified atom stereocenters. The van der Waals surface area contributed by atoms with Gasteiger partial charge in [-0.1, -0.05) is 37.8 Å². The lowest BCUT2D eigenvalue weighted by molar-refractivity contribution is 0.198. The van der Waals surface area contributed by atoms with Crippen LogP contribution in [-0.4, -0.2) is 55.7 Å². The summed E-state index contributed by atoms with van der Waals surface area (Å²) in [7, 11) is 0. The minimum atomic E-state index is -0.515. The SMILES string of the molecule is C.Oc1ccc2c(c1)CCCC(c1ccc(OCCF)cc1)=C2c1ccc(O[C@H]2CCN(CCCF)C2)cc1. The monoisotopic (exact) mass is 535 g/mol. The molecule has 39 heavy (non-hydrogen) atoms. The molecule has 2 aliphatic rings. The van der Waals surface area contributed by atoms with E-state index in [-0.39, 0.29) is 32.6 Å². The van der Waals surface area contributed by atoms with Crippen LogP contribution in [0.4, 0.5) is 8.78 Å². The molecule has 0 radical (unpaired) electrons. The third-order valence-electron chi connectivity index (χ3n) is 7.36. The molecule has 1 saturated heterocycles. The fourth-order valence-electron chi connectivity index (χ4n) is 5.57. The van der Waals surface area contributed by atoms with Crippen molar-refractivity contribution < 1.29 is 23.4 Å². The normalized spacial score (nSPS) is 17.3. The van der Waals surface area contributed by atoms with Crippen molar-refractivity contribution in [1.82, 2.24) is 4.90 Å². The number of halogens is 2. The van der Waals surface area contributed by atoms with E-state index >= 15 is 0 Å². The second-order valence-corrected chi connectivity index (χ2v) is 10.0. The van der Waals surface area contributed by atoms with Crippen LogP contribution in [0.5, 0.6) is 17.2 Å². The quantitative estimate of drug-likeness (QED) is 0.292. The topological polar surface area (TPSA) is 41.9 Å². The maximum atomic E-state index is 12.5. The Morgan fingerprint density at radius 1 is 0.872 bits per heavy atom. The Morgan fingerprint density at radius 3 is 2.36 bits per heavy atom. The molecule has 5 rings (SSSR count). The number of hydrogen-bond donors (Lipinski definition) is 1. The number of alkyl halides is 2. The molecule has 0 amide bonds. The fraction of sp³-hybridized carbons (Fsp3) is 0.394. The second-order valence-electron chi connectivity index (χ2n) is 10.0. The van der Waals surface area contributed by atoms with Gasteiger partial charge < -0.3 is 14.6 Å². The molecule has 1 fully saturated rings. The van der Waals surface area contributed by atoms with Crippen molar-refractivity contribution in [1.29, 1.82) is 0 Å². The average Bonchev–Trinajstić information content (AvgIpc) is 3.30. The maximum Gasteiger partial charge on any atom is 0.123 e. The second kappa shape index (κ2) is 13.6. The van der Waals surface area contributed by atoms with Gasteiger partial charge in [-0.25, -0.2) is 4.39 Å². The van der Waals surface area contributed by atoms with E-state index in [4.69, 9.17) is 9.47 Å². The van der Waals surface area contributed by atoms with Crippen LogP contribution in [0.1, 0.15) is 55.4 Å². The van der Waals surface area contributed by atoms with E-state index in [9.17, 15) is 13.9 Å². The van der Waals surface area contributed by atoms with Gasteiger partial charge in [-0.3, -0.25) is 9.29 Å². The van der Waals surface area contributed by atoms with Crippen molar-refractivity contribution in [3.8, 4) is 17.2 Å². The zero-order valence-corrected chi connectivity index (χ0v) is 21.7. The van der Waals surface area contributed by atoms with Crippen molar-refractivity contribution in [2.75, 3.05) is 39.6 Å².